The standard InChI is InChI=1S/C18H21N3O2S/c1-3-4-11-24(22,23)20-16-9-5-8-15(12-16)17-13-21-10-6-7-14(2)18(21)19-17/h5-10,12-13,20H,3-4,11H2,1-2H3. The van der Waals surface area contributed by atoms with Crippen LogP contribution in [0.5, 0.6) is 0 Å². The number of rotatable bonds is 6. The fraction of sp³-hybridized carbons (Fsp3) is 0.278. The van der Waals surface area contributed by atoms with Gasteiger partial charge in [0.15, 0.2) is 0 Å². The van der Waals surface area contributed by atoms with E-state index in [2.05, 4.69) is 9.71 Å². The van der Waals surface area contributed by atoms with Crippen LogP contribution in [-0.4, -0.2) is 23.6 Å². The molecule has 3 rings (SSSR count). The predicted octanol–water partition coefficient (Wildman–Crippen LogP) is 3.85. The largest absolute Gasteiger partial charge is 0.306 e. The van der Waals surface area contributed by atoms with Gasteiger partial charge in [0.25, 0.3) is 0 Å². The van der Waals surface area contributed by atoms with Crippen molar-refractivity contribution in [1.82, 2.24) is 9.38 Å². The highest BCUT2D eigenvalue weighted by atomic mass is 32.2. The van der Waals surface area contributed by atoms with E-state index in [1.54, 1.807) is 6.07 Å². The molecule has 3 aromatic rings. The Morgan fingerprint density at radius 3 is 2.79 bits per heavy atom. The number of sulfonamides is 1. The lowest BCUT2D eigenvalue weighted by atomic mass is 10.1. The van der Waals surface area contributed by atoms with E-state index in [0.717, 1.165) is 28.9 Å². The average molecular weight is 343 g/mol. The van der Waals surface area contributed by atoms with Gasteiger partial charge in [0.2, 0.25) is 10.0 Å². The summed E-state index contributed by atoms with van der Waals surface area (Å²) >= 11 is 0. The normalized spacial score (nSPS) is 11.8. The number of imidazole rings is 1. The summed E-state index contributed by atoms with van der Waals surface area (Å²) < 4.78 is 28.7. The van der Waals surface area contributed by atoms with E-state index < -0.39 is 10.0 Å². The van der Waals surface area contributed by atoms with Crippen molar-refractivity contribution in [2.75, 3.05) is 10.5 Å². The maximum absolute atomic E-state index is 12.1. The maximum atomic E-state index is 12.1. The molecule has 0 aliphatic heterocycles. The number of aromatic nitrogens is 2. The molecule has 2 heterocycles. The van der Waals surface area contributed by atoms with Crippen molar-refractivity contribution in [2.24, 2.45) is 0 Å². The zero-order valence-electron chi connectivity index (χ0n) is 13.9. The summed E-state index contributed by atoms with van der Waals surface area (Å²) in [4.78, 5) is 4.66. The van der Waals surface area contributed by atoms with Gasteiger partial charge in [-0.3, -0.25) is 4.72 Å². The summed E-state index contributed by atoms with van der Waals surface area (Å²) in [7, 11) is -3.30. The van der Waals surface area contributed by atoms with E-state index in [1.165, 1.54) is 0 Å². The molecule has 6 heteroatoms. The van der Waals surface area contributed by atoms with Gasteiger partial charge in [-0.15, -0.1) is 0 Å². The average Bonchev–Trinajstić information content (AvgIpc) is 2.99. The monoisotopic (exact) mass is 343 g/mol. The van der Waals surface area contributed by atoms with Crippen LogP contribution in [0.4, 0.5) is 5.69 Å². The van der Waals surface area contributed by atoms with Crippen molar-refractivity contribution in [1.29, 1.82) is 0 Å². The Morgan fingerprint density at radius 1 is 1.21 bits per heavy atom. The number of benzene rings is 1. The Hall–Kier alpha value is -2.34. The van der Waals surface area contributed by atoms with Gasteiger partial charge in [-0.2, -0.15) is 0 Å². The number of hydrogen-bond donors (Lipinski definition) is 1. The molecule has 0 aliphatic carbocycles. The number of nitrogens with one attached hydrogen (secondary N) is 1. The summed E-state index contributed by atoms with van der Waals surface area (Å²) in [5.41, 5.74) is 4.27. The summed E-state index contributed by atoms with van der Waals surface area (Å²) in [6.45, 7) is 3.99. The van der Waals surface area contributed by atoms with Crippen LogP contribution in [-0.2, 0) is 10.0 Å². The highest BCUT2D eigenvalue weighted by molar-refractivity contribution is 7.92. The van der Waals surface area contributed by atoms with E-state index in [0.29, 0.717) is 12.1 Å². The molecular weight excluding hydrogens is 322 g/mol. The second-order valence-corrected chi connectivity index (χ2v) is 7.75. The van der Waals surface area contributed by atoms with E-state index in [4.69, 9.17) is 0 Å². The Balaban J connectivity index is 1.91. The lowest BCUT2D eigenvalue weighted by molar-refractivity contribution is 0.598. The first-order valence-electron chi connectivity index (χ1n) is 8.04. The molecular formula is C18H21N3O2S. The molecule has 0 atom stereocenters. The number of aryl methyl sites for hydroxylation is 1. The first-order chi connectivity index (χ1) is 11.5. The van der Waals surface area contributed by atoms with Crippen molar-refractivity contribution >= 4 is 21.4 Å². The van der Waals surface area contributed by atoms with E-state index in [-0.39, 0.29) is 5.75 Å². The minimum atomic E-state index is -3.30. The fourth-order valence-electron chi connectivity index (χ4n) is 2.60. The van der Waals surface area contributed by atoms with Gasteiger partial charge in [-0.1, -0.05) is 31.5 Å². The van der Waals surface area contributed by atoms with Gasteiger partial charge in [0.1, 0.15) is 5.65 Å². The van der Waals surface area contributed by atoms with E-state index >= 15 is 0 Å². The molecule has 0 amide bonds. The topological polar surface area (TPSA) is 63.5 Å². The van der Waals surface area contributed by atoms with Crippen LogP contribution in [0.25, 0.3) is 16.9 Å². The molecule has 0 saturated heterocycles. The summed E-state index contributed by atoms with van der Waals surface area (Å²) in [5.74, 6) is 0.140. The zero-order valence-corrected chi connectivity index (χ0v) is 14.7. The Morgan fingerprint density at radius 2 is 2.04 bits per heavy atom. The first kappa shape index (κ1) is 16.5. The number of anilines is 1. The molecule has 1 aromatic carbocycles. The molecule has 0 saturated carbocycles. The highest BCUT2D eigenvalue weighted by Crippen LogP contribution is 2.24. The molecule has 24 heavy (non-hydrogen) atoms. The quantitative estimate of drug-likeness (QED) is 0.739. The van der Waals surface area contributed by atoms with Crippen LogP contribution in [0.2, 0.25) is 0 Å². The van der Waals surface area contributed by atoms with Crippen molar-refractivity contribution in [3.05, 3.63) is 54.4 Å². The third kappa shape index (κ3) is 3.59. The van der Waals surface area contributed by atoms with Crippen molar-refractivity contribution in [2.45, 2.75) is 26.7 Å². The number of unbranched alkanes of at least 4 members (excludes halogenated alkanes) is 1. The molecule has 0 spiro atoms. The van der Waals surface area contributed by atoms with Crippen molar-refractivity contribution in [3.8, 4) is 11.3 Å². The molecule has 126 valence electrons. The van der Waals surface area contributed by atoms with Gasteiger partial charge in [0, 0.05) is 23.6 Å². The van der Waals surface area contributed by atoms with Gasteiger partial charge < -0.3 is 4.40 Å². The van der Waals surface area contributed by atoms with Crippen molar-refractivity contribution in [3.63, 3.8) is 0 Å². The van der Waals surface area contributed by atoms with E-state index in [1.807, 2.05) is 61.0 Å². The van der Waals surface area contributed by atoms with Crippen LogP contribution in [0.3, 0.4) is 0 Å². The van der Waals surface area contributed by atoms with E-state index in [9.17, 15) is 8.42 Å². The lowest BCUT2D eigenvalue weighted by Gasteiger charge is -2.08. The number of pyridine rings is 1. The lowest BCUT2D eigenvalue weighted by Crippen LogP contribution is -2.16. The van der Waals surface area contributed by atoms with Gasteiger partial charge >= 0.3 is 0 Å². The molecule has 0 bridgehead atoms. The molecule has 1 N–H and O–H groups in total. The molecule has 5 nitrogen and oxygen atoms in total. The number of fused-ring (bicyclic) bond motifs is 1. The molecule has 0 radical (unpaired) electrons. The molecule has 2 aromatic heterocycles. The highest BCUT2D eigenvalue weighted by Gasteiger charge is 2.11. The predicted molar refractivity (Wildman–Crippen MR) is 97.7 cm³/mol. The van der Waals surface area contributed by atoms with Crippen LogP contribution < -0.4 is 4.72 Å². The first-order valence-corrected chi connectivity index (χ1v) is 9.69. The minimum absolute atomic E-state index is 0.140. The second-order valence-electron chi connectivity index (χ2n) is 5.90. The molecule has 0 aliphatic rings. The number of hydrogen-bond acceptors (Lipinski definition) is 3. The third-order valence-electron chi connectivity index (χ3n) is 3.88. The Labute approximate surface area is 142 Å². The van der Waals surface area contributed by atoms with Crippen LogP contribution in [0.1, 0.15) is 25.3 Å². The Bertz CT molecular complexity index is 961. The Kier molecular flexibility index (Phi) is 4.57. The van der Waals surface area contributed by atoms with Gasteiger partial charge in [0.05, 0.1) is 11.4 Å². The third-order valence-corrected chi connectivity index (χ3v) is 5.25. The summed E-state index contributed by atoms with van der Waals surface area (Å²) in [6, 6.07) is 11.3. The SMILES string of the molecule is CCCCS(=O)(=O)Nc1cccc(-c2cn3cccc(C)c3n2)c1. The minimum Gasteiger partial charge on any atom is -0.306 e. The van der Waals surface area contributed by atoms with Crippen molar-refractivity contribution < 1.29 is 8.42 Å². The molecule has 0 unspecified atom stereocenters. The summed E-state index contributed by atoms with van der Waals surface area (Å²) in [5, 5.41) is 0. The van der Waals surface area contributed by atoms with Gasteiger partial charge in [-0.25, -0.2) is 13.4 Å². The van der Waals surface area contributed by atoms with Crippen LogP contribution >= 0.6 is 0 Å². The maximum Gasteiger partial charge on any atom is 0.232 e. The number of nitrogens with zero attached hydrogens (tertiary/aromatic N) is 2. The fourth-order valence-corrected chi connectivity index (χ4v) is 3.86. The van der Waals surface area contributed by atoms with Gasteiger partial charge in [-0.05, 0) is 37.1 Å². The van der Waals surface area contributed by atoms with Crippen LogP contribution in [0.15, 0.2) is 48.8 Å². The summed E-state index contributed by atoms with van der Waals surface area (Å²) in [6.07, 6.45) is 5.41. The second kappa shape index (κ2) is 6.65. The smallest absolute Gasteiger partial charge is 0.232 e. The zero-order chi connectivity index (χ0) is 17.2. The molecule has 0 fully saturated rings. The van der Waals surface area contributed by atoms with Crippen LogP contribution in [0, 0.1) is 6.92 Å².